The SMILES string of the molecule is O=C(O)[C@H]1CCCN1C(=O)C1CCC2CCCCC2C1. The van der Waals surface area contributed by atoms with E-state index in [2.05, 4.69) is 0 Å². The molecule has 3 fully saturated rings. The number of carboxylic acids is 1. The molecular formula is C16H25NO3. The van der Waals surface area contributed by atoms with Gasteiger partial charge in [-0.3, -0.25) is 4.79 Å². The van der Waals surface area contributed by atoms with Crippen LogP contribution in [0.3, 0.4) is 0 Å². The topological polar surface area (TPSA) is 57.6 Å². The van der Waals surface area contributed by atoms with Crippen molar-refractivity contribution in [1.82, 2.24) is 4.90 Å². The van der Waals surface area contributed by atoms with Crippen LogP contribution in [0.25, 0.3) is 0 Å². The number of carbonyl (C=O) groups excluding carboxylic acids is 1. The number of carboxylic acid groups (broad SMARTS) is 1. The molecule has 3 unspecified atom stereocenters. The lowest BCUT2D eigenvalue weighted by molar-refractivity contribution is -0.151. The fourth-order valence-corrected chi connectivity index (χ4v) is 4.62. The minimum absolute atomic E-state index is 0.0919. The second-order valence-corrected chi connectivity index (χ2v) is 6.84. The van der Waals surface area contributed by atoms with E-state index in [1.165, 1.54) is 32.1 Å². The Balaban J connectivity index is 1.64. The largest absolute Gasteiger partial charge is 0.480 e. The van der Waals surface area contributed by atoms with Gasteiger partial charge < -0.3 is 10.0 Å². The number of nitrogens with zero attached hydrogens (tertiary/aromatic N) is 1. The minimum atomic E-state index is -0.831. The molecule has 4 heteroatoms. The molecule has 2 saturated carbocycles. The first kappa shape index (κ1) is 13.9. The van der Waals surface area contributed by atoms with E-state index in [4.69, 9.17) is 0 Å². The van der Waals surface area contributed by atoms with Crippen LogP contribution < -0.4 is 0 Å². The summed E-state index contributed by atoms with van der Waals surface area (Å²) in [7, 11) is 0. The molecule has 3 rings (SSSR count). The summed E-state index contributed by atoms with van der Waals surface area (Å²) in [6.45, 7) is 0.639. The zero-order chi connectivity index (χ0) is 14.1. The molecule has 0 radical (unpaired) electrons. The van der Waals surface area contributed by atoms with Gasteiger partial charge in [0.05, 0.1) is 0 Å². The Morgan fingerprint density at radius 3 is 2.40 bits per heavy atom. The quantitative estimate of drug-likeness (QED) is 0.845. The van der Waals surface area contributed by atoms with Gasteiger partial charge in [0, 0.05) is 12.5 Å². The summed E-state index contributed by atoms with van der Waals surface area (Å²) < 4.78 is 0. The number of carbonyl (C=O) groups is 2. The molecule has 4 atom stereocenters. The zero-order valence-corrected chi connectivity index (χ0v) is 12.1. The minimum Gasteiger partial charge on any atom is -0.480 e. The van der Waals surface area contributed by atoms with Crippen LogP contribution in [0, 0.1) is 17.8 Å². The van der Waals surface area contributed by atoms with Gasteiger partial charge in [0.1, 0.15) is 6.04 Å². The van der Waals surface area contributed by atoms with Crippen LogP contribution >= 0.6 is 0 Å². The van der Waals surface area contributed by atoms with E-state index in [1.54, 1.807) is 4.90 Å². The van der Waals surface area contributed by atoms with Gasteiger partial charge >= 0.3 is 5.97 Å². The van der Waals surface area contributed by atoms with E-state index in [1.807, 2.05) is 0 Å². The van der Waals surface area contributed by atoms with Gasteiger partial charge in [-0.15, -0.1) is 0 Å². The number of hydrogen-bond acceptors (Lipinski definition) is 2. The number of rotatable bonds is 2. The summed E-state index contributed by atoms with van der Waals surface area (Å²) in [6.07, 6.45) is 9.89. The highest BCUT2D eigenvalue weighted by molar-refractivity contribution is 5.85. The van der Waals surface area contributed by atoms with E-state index in [9.17, 15) is 14.7 Å². The summed E-state index contributed by atoms with van der Waals surface area (Å²) in [4.78, 5) is 25.5. The predicted molar refractivity (Wildman–Crippen MR) is 75.2 cm³/mol. The van der Waals surface area contributed by atoms with Crippen LogP contribution in [0.15, 0.2) is 0 Å². The Labute approximate surface area is 120 Å². The summed E-state index contributed by atoms with van der Waals surface area (Å²) in [6, 6.07) is -0.563. The number of hydrogen-bond donors (Lipinski definition) is 1. The van der Waals surface area contributed by atoms with Crippen LogP contribution in [0.1, 0.15) is 57.8 Å². The van der Waals surface area contributed by atoms with Crippen molar-refractivity contribution < 1.29 is 14.7 Å². The summed E-state index contributed by atoms with van der Waals surface area (Å²) >= 11 is 0. The average Bonchev–Trinajstić information content (AvgIpc) is 2.95. The molecule has 4 nitrogen and oxygen atoms in total. The monoisotopic (exact) mass is 279 g/mol. The molecule has 20 heavy (non-hydrogen) atoms. The first-order valence-corrected chi connectivity index (χ1v) is 8.20. The highest BCUT2D eigenvalue weighted by Crippen LogP contribution is 2.43. The molecule has 1 amide bonds. The average molecular weight is 279 g/mol. The number of fused-ring (bicyclic) bond motifs is 1. The first-order chi connectivity index (χ1) is 9.66. The number of aliphatic carboxylic acids is 1. The molecule has 0 spiro atoms. The van der Waals surface area contributed by atoms with Crippen molar-refractivity contribution in [2.45, 2.75) is 63.8 Å². The van der Waals surface area contributed by atoms with Gasteiger partial charge in [-0.1, -0.05) is 25.7 Å². The summed E-state index contributed by atoms with van der Waals surface area (Å²) in [5.41, 5.74) is 0. The maximum Gasteiger partial charge on any atom is 0.326 e. The fraction of sp³-hybridized carbons (Fsp3) is 0.875. The third kappa shape index (κ3) is 2.57. The highest BCUT2D eigenvalue weighted by atomic mass is 16.4. The second kappa shape index (κ2) is 5.74. The Morgan fingerprint density at radius 1 is 0.900 bits per heavy atom. The molecule has 2 aliphatic carbocycles. The molecule has 3 aliphatic rings. The van der Waals surface area contributed by atoms with Crippen molar-refractivity contribution in [3.8, 4) is 0 Å². The van der Waals surface area contributed by atoms with Crippen molar-refractivity contribution in [1.29, 1.82) is 0 Å². The van der Waals surface area contributed by atoms with Crippen molar-refractivity contribution in [2.24, 2.45) is 17.8 Å². The van der Waals surface area contributed by atoms with Crippen LogP contribution in [-0.2, 0) is 9.59 Å². The van der Waals surface area contributed by atoms with E-state index in [0.29, 0.717) is 13.0 Å². The zero-order valence-electron chi connectivity index (χ0n) is 12.1. The van der Waals surface area contributed by atoms with Crippen LogP contribution in [0.5, 0.6) is 0 Å². The van der Waals surface area contributed by atoms with Gasteiger partial charge in [-0.2, -0.15) is 0 Å². The van der Waals surface area contributed by atoms with Crippen LogP contribution in [-0.4, -0.2) is 34.5 Å². The normalized spacial score (nSPS) is 37.5. The summed E-state index contributed by atoms with van der Waals surface area (Å²) in [5, 5.41) is 9.22. The second-order valence-electron chi connectivity index (χ2n) is 6.84. The van der Waals surface area contributed by atoms with Crippen LogP contribution in [0.2, 0.25) is 0 Å². The van der Waals surface area contributed by atoms with E-state index in [-0.39, 0.29) is 11.8 Å². The molecule has 1 aliphatic heterocycles. The highest BCUT2D eigenvalue weighted by Gasteiger charge is 2.40. The Kier molecular flexibility index (Phi) is 3.99. The first-order valence-electron chi connectivity index (χ1n) is 8.20. The molecule has 0 bridgehead atoms. The van der Waals surface area contributed by atoms with E-state index in [0.717, 1.165) is 31.1 Å². The smallest absolute Gasteiger partial charge is 0.326 e. The lowest BCUT2D eigenvalue weighted by atomic mass is 9.67. The predicted octanol–water partition coefficient (Wildman–Crippen LogP) is 2.67. The lowest BCUT2D eigenvalue weighted by Crippen LogP contribution is -2.45. The molecule has 1 N–H and O–H groups in total. The number of amides is 1. The molecule has 112 valence electrons. The maximum atomic E-state index is 12.7. The Hall–Kier alpha value is -1.06. The van der Waals surface area contributed by atoms with Crippen molar-refractivity contribution >= 4 is 11.9 Å². The van der Waals surface area contributed by atoms with Gasteiger partial charge in [0.15, 0.2) is 0 Å². The molecule has 1 saturated heterocycles. The summed E-state index contributed by atoms with van der Waals surface area (Å²) in [5.74, 6) is 0.939. The van der Waals surface area contributed by atoms with E-state index >= 15 is 0 Å². The Morgan fingerprint density at radius 2 is 1.65 bits per heavy atom. The van der Waals surface area contributed by atoms with Gasteiger partial charge in [-0.05, 0) is 43.9 Å². The Bertz CT molecular complexity index is 395. The van der Waals surface area contributed by atoms with E-state index < -0.39 is 12.0 Å². The third-order valence-corrected chi connectivity index (χ3v) is 5.71. The standard InChI is InChI=1S/C16H25NO3/c18-15(17-9-3-6-14(17)16(19)20)13-8-7-11-4-1-2-5-12(11)10-13/h11-14H,1-10H2,(H,19,20)/t11?,12?,13?,14-/m1/s1. The van der Waals surface area contributed by atoms with Crippen molar-refractivity contribution in [3.05, 3.63) is 0 Å². The number of likely N-dealkylation sites (tertiary alicyclic amines) is 1. The van der Waals surface area contributed by atoms with Crippen molar-refractivity contribution in [2.75, 3.05) is 6.54 Å². The molecule has 0 aromatic heterocycles. The molecule has 1 heterocycles. The van der Waals surface area contributed by atoms with Crippen LogP contribution in [0.4, 0.5) is 0 Å². The molecular weight excluding hydrogens is 254 g/mol. The van der Waals surface area contributed by atoms with Crippen molar-refractivity contribution in [3.63, 3.8) is 0 Å². The molecule has 0 aromatic carbocycles. The lowest BCUT2D eigenvalue weighted by Gasteiger charge is -2.40. The third-order valence-electron chi connectivity index (χ3n) is 5.71. The van der Waals surface area contributed by atoms with Gasteiger partial charge in [0.25, 0.3) is 0 Å². The maximum absolute atomic E-state index is 12.7. The van der Waals surface area contributed by atoms with Gasteiger partial charge in [0.2, 0.25) is 5.91 Å². The molecule has 0 aromatic rings. The van der Waals surface area contributed by atoms with Gasteiger partial charge in [-0.25, -0.2) is 4.79 Å². The fourth-order valence-electron chi connectivity index (χ4n) is 4.62.